The largest absolute Gasteiger partial charge is 0.507 e. The molecule has 5 nitrogen and oxygen atoms in total. The number of nitrogens with zero attached hydrogens (tertiary/aromatic N) is 2. The first kappa shape index (κ1) is 21.1. The number of anilines is 1. The summed E-state index contributed by atoms with van der Waals surface area (Å²) < 4.78 is 0. The molecule has 0 aliphatic carbocycles. The molecule has 1 aliphatic heterocycles. The van der Waals surface area contributed by atoms with Gasteiger partial charge in [0, 0.05) is 23.6 Å². The van der Waals surface area contributed by atoms with Gasteiger partial charge in [0.2, 0.25) is 0 Å². The van der Waals surface area contributed by atoms with Crippen LogP contribution in [0.4, 0.5) is 5.69 Å². The van der Waals surface area contributed by atoms with Crippen molar-refractivity contribution in [2.75, 3.05) is 4.90 Å². The third-order valence-corrected chi connectivity index (χ3v) is 6.00. The van der Waals surface area contributed by atoms with Crippen molar-refractivity contribution in [3.63, 3.8) is 0 Å². The van der Waals surface area contributed by atoms with Crippen molar-refractivity contribution in [1.82, 2.24) is 4.98 Å². The number of amides is 1. The number of carbonyl (C=O) groups excluding carboxylic acids is 2. The van der Waals surface area contributed by atoms with E-state index in [4.69, 9.17) is 23.2 Å². The Morgan fingerprint density at radius 3 is 2.48 bits per heavy atom. The summed E-state index contributed by atoms with van der Waals surface area (Å²) >= 11 is 12.1. The molecule has 3 aromatic rings. The zero-order chi connectivity index (χ0) is 22.3. The minimum atomic E-state index is -0.844. The second kappa shape index (κ2) is 8.17. The van der Waals surface area contributed by atoms with Gasteiger partial charge in [0.1, 0.15) is 5.76 Å². The molecule has 1 unspecified atom stereocenters. The molecule has 1 aliphatic rings. The Hall–Kier alpha value is -3.15. The van der Waals surface area contributed by atoms with E-state index in [0.29, 0.717) is 21.8 Å². The van der Waals surface area contributed by atoms with Crippen LogP contribution in [0.1, 0.15) is 28.3 Å². The van der Waals surface area contributed by atoms with Gasteiger partial charge in [0.25, 0.3) is 11.7 Å². The quantitative estimate of drug-likeness (QED) is 0.317. The predicted molar refractivity (Wildman–Crippen MR) is 121 cm³/mol. The molecule has 1 amide bonds. The number of hydrogen-bond acceptors (Lipinski definition) is 4. The van der Waals surface area contributed by atoms with Crippen LogP contribution in [-0.4, -0.2) is 21.8 Å². The first-order chi connectivity index (χ1) is 14.8. The van der Waals surface area contributed by atoms with Gasteiger partial charge in [0.15, 0.2) is 0 Å². The van der Waals surface area contributed by atoms with Gasteiger partial charge in [-0.3, -0.25) is 19.5 Å². The van der Waals surface area contributed by atoms with Gasteiger partial charge in [-0.1, -0.05) is 41.4 Å². The maximum atomic E-state index is 13.2. The third-order valence-electron chi connectivity index (χ3n) is 5.26. The maximum Gasteiger partial charge on any atom is 0.300 e. The van der Waals surface area contributed by atoms with Gasteiger partial charge in [0.05, 0.1) is 21.7 Å². The fourth-order valence-corrected chi connectivity index (χ4v) is 4.01. The van der Waals surface area contributed by atoms with E-state index in [9.17, 15) is 14.7 Å². The predicted octanol–water partition coefficient (Wildman–Crippen LogP) is 5.63. The van der Waals surface area contributed by atoms with Crippen molar-refractivity contribution in [1.29, 1.82) is 0 Å². The molecule has 1 saturated heterocycles. The average molecular weight is 453 g/mol. The zero-order valence-electron chi connectivity index (χ0n) is 16.8. The zero-order valence-corrected chi connectivity index (χ0v) is 18.3. The van der Waals surface area contributed by atoms with E-state index in [-0.39, 0.29) is 16.4 Å². The topological polar surface area (TPSA) is 70.5 Å². The standard InChI is InChI=1S/C24H18Cl2N2O3/c1-13-5-6-14(2)19(10-13)28-21(16-4-3-9-27-12-16)20(23(30)24(28)31)22(29)15-7-8-17(25)18(26)11-15/h3-12,21,29H,1-2H3/b22-20-. The highest BCUT2D eigenvalue weighted by molar-refractivity contribution is 6.52. The molecule has 0 spiro atoms. The molecular weight excluding hydrogens is 435 g/mol. The SMILES string of the molecule is Cc1ccc(C)c(N2C(=O)C(=O)/C(=C(\O)c3ccc(Cl)c(Cl)c3)C2c2cccnc2)c1. The normalized spacial score (nSPS) is 17.9. The van der Waals surface area contributed by atoms with Crippen molar-refractivity contribution in [3.8, 4) is 0 Å². The van der Waals surface area contributed by atoms with Gasteiger partial charge in [-0.2, -0.15) is 0 Å². The van der Waals surface area contributed by atoms with Crippen molar-refractivity contribution in [3.05, 3.63) is 98.8 Å². The summed E-state index contributed by atoms with van der Waals surface area (Å²) in [5, 5.41) is 11.6. The molecule has 0 saturated carbocycles. The minimum absolute atomic E-state index is 0.0303. The van der Waals surface area contributed by atoms with Crippen LogP contribution in [0.25, 0.3) is 5.76 Å². The molecule has 2 heterocycles. The summed E-state index contributed by atoms with van der Waals surface area (Å²) in [5.74, 6) is -1.82. The Balaban J connectivity index is 1.98. The first-order valence-electron chi connectivity index (χ1n) is 9.53. The molecule has 7 heteroatoms. The van der Waals surface area contributed by atoms with E-state index >= 15 is 0 Å². The molecule has 2 aromatic carbocycles. The van der Waals surface area contributed by atoms with Crippen molar-refractivity contribution in [2.45, 2.75) is 19.9 Å². The lowest BCUT2D eigenvalue weighted by Gasteiger charge is -2.27. The summed E-state index contributed by atoms with van der Waals surface area (Å²) in [7, 11) is 0. The number of halogens is 2. The number of ketones is 1. The first-order valence-corrected chi connectivity index (χ1v) is 10.3. The summed E-state index contributed by atoms with van der Waals surface area (Å²) in [4.78, 5) is 31.9. The summed E-state index contributed by atoms with van der Waals surface area (Å²) in [5.41, 5.74) is 3.24. The Morgan fingerprint density at radius 1 is 1.03 bits per heavy atom. The molecule has 0 radical (unpaired) electrons. The Morgan fingerprint density at radius 2 is 1.81 bits per heavy atom. The summed E-state index contributed by atoms with van der Waals surface area (Å²) in [6.45, 7) is 3.78. The van der Waals surface area contributed by atoms with Crippen LogP contribution in [0.2, 0.25) is 10.0 Å². The third kappa shape index (κ3) is 3.71. The molecule has 4 rings (SSSR count). The molecule has 156 valence electrons. The minimum Gasteiger partial charge on any atom is -0.507 e. The number of aliphatic hydroxyl groups is 1. The number of pyridine rings is 1. The molecule has 1 aromatic heterocycles. The van der Waals surface area contributed by atoms with E-state index in [1.807, 2.05) is 32.0 Å². The molecule has 0 bridgehead atoms. The van der Waals surface area contributed by atoms with Gasteiger partial charge < -0.3 is 5.11 Å². The van der Waals surface area contributed by atoms with Crippen LogP contribution in [0.3, 0.4) is 0 Å². The fourth-order valence-electron chi connectivity index (χ4n) is 3.71. The fraction of sp³-hybridized carbons (Fsp3) is 0.125. The van der Waals surface area contributed by atoms with Crippen molar-refractivity contribution < 1.29 is 14.7 Å². The second-order valence-corrected chi connectivity index (χ2v) is 8.19. The highest BCUT2D eigenvalue weighted by Gasteiger charge is 2.47. The smallest absolute Gasteiger partial charge is 0.300 e. The number of hydrogen-bond donors (Lipinski definition) is 1. The average Bonchev–Trinajstić information content (AvgIpc) is 3.02. The summed E-state index contributed by atoms with van der Waals surface area (Å²) in [6, 6.07) is 12.9. The lowest BCUT2D eigenvalue weighted by atomic mass is 9.96. The Kier molecular flexibility index (Phi) is 5.56. The van der Waals surface area contributed by atoms with Gasteiger partial charge >= 0.3 is 0 Å². The van der Waals surface area contributed by atoms with Gasteiger partial charge in [-0.05, 0) is 60.9 Å². The van der Waals surface area contributed by atoms with Crippen LogP contribution in [0.15, 0.2) is 66.5 Å². The number of rotatable bonds is 3. The van der Waals surface area contributed by atoms with E-state index < -0.39 is 17.7 Å². The van der Waals surface area contributed by atoms with Gasteiger partial charge in [-0.25, -0.2) is 0 Å². The van der Waals surface area contributed by atoms with Crippen LogP contribution in [0.5, 0.6) is 0 Å². The number of aliphatic hydroxyl groups excluding tert-OH is 1. The Bertz CT molecular complexity index is 1240. The van der Waals surface area contributed by atoms with E-state index in [1.165, 1.54) is 17.0 Å². The van der Waals surface area contributed by atoms with Crippen molar-refractivity contribution in [2.24, 2.45) is 0 Å². The lowest BCUT2D eigenvalue weighted by molar-refractivity contribution is -0.132. The van der Waals surface area contributed by atoms with Crippen LogP contribution < -0.4 is 4.90 Å². The number of benzene rings is 2. The number of carbonyl (C=O) groups is 2. The van der Waals surface area contributed by atoms with Crippen LogP contribution in [-0.2, 0) is 9.59 Å². The molecule has 1 N–H and O–H groups in total. The number of aryl methyl sites for hydroxylation is 2. The maximum absolute atomic E-state index is 13.2. The highest BCUT2D eigenvalue weighted by atomic mass is 35.5. The number of Topliss-reactive ketones (excluding diaryl/α,β-unsaturated/α-hetero) is 1. The molecule has 1 fully saturated rings. The van der Waals surface area contributed by atoms with E-state index in [2.05, 4.69) is 4.98 Å². The van der Waals surface area contributed by atoms with Crippen molar-refractivity contribution >= 4 is 46.3 Å². The second-order valence-electron chi connectivity index (χ2n) is 7.37. The van der Waals surface area contributed by atoms with Crippen LogP contribution >= 0.6 is 23.2 Å². The van der Waals surface area contributed by atoms with E-state index in [1.54, 1.807) is 30.6 Å². The monoisotopic (exact) mass is 452 g/mol. The summed E-state index contributed by atoms with van der Waals surface area (Å²) in [6.07, 6.45) is 3.18. The molecular formula is C24H18Cl2N2O3. The Labute approximate surface area is 189 Å². The molecule has 1 atom stereocenters. The number of aromatic nitrogens is 1. The lowest BCUT2D eigenvalue weighted by Crippen LogP contribution is -2.30. The van der Waals surface area contributed by atoms with Crippen LogP contribution in [0, 0.1) is 13.8 Å². The van der Waals surface area contributed by atoms with E-state index in [0.717, 1.165) is 11.1 Å². The highest BCUT2D eigenvalue weighted by Crippen LogP contribution is 2.43. The molecule has 31 heavy (non-hydrogen) atoms. The van der Waals surface area contributed by atoms with Gasteiger partial charge in [-0.15, -0.1) is 0 Å².